The molecule has 4 nitrogen and oxygen atoms in total. The van der Waals surface area contributed by atoms with Gasteiger partial charge in [-0.05, 0) is 26.2 Å². The van der Waals surface area contributed by atoms with Crippen LogP contribution >= 0.6 is 0 Å². The maximum absolute atomic E-state index is 10.1. The van der Waals surface area contributed by atoms with Crippen LogP contribution in [0.4, 0.5) is 0 Å². The van der Waals surface area contributed by atoms with Gasteiger partial charge in [-0.25, -0.2) is 0 Å². The van der Waals surface area contributed by atoms with Gasteiger partial charge < -0.3 is 15.7 Å². The summed E-state index contributed by atoms with van der Waals surface area (Å²) in [5, 5.41) is 16.5. The van der Waals surface area contributed by atoms with E-state index >= 15 is 0 Å². The molecule has 0 spiro atoms. The molecular weight excluding hydrogens is 190 g/mol. The summed E-state index contributed by atoms with van der Waals surface area (Å²) in [5.41, 5.74) is -0.516. The summed E-state index contributed by atoms with van der Waals surface area (Å²) in [6.07, 6.45) is 2.39. The van der Waals surface area contributed by atoms with E-state index in [0.717, 1.165) is 38.3 Å². The first kappa shape index (κ1) is 12.3. The predicted octanol–water partition coefficient (Wildman–Crippen LogP) is 0.865. The molecular formula is C11H23N3O. The van der Waals surface area contributed by atoms with Crippen LogP contribution in [0.1, 0.15) is 40.0 Å². The molecule has 1 unspecified atom stereocenters. The van der Waals surface area contributed by atoms with Crippen molar-refractivity contribution in [3.8, 4) is 0 Å². The molecule has 0 aromatic carbocycles. The van der Waals surface area contributed by atoms with Crippen LogP contribution in [-0.4, -0.2) is 35.8 Å². The molecule has 1 aliphatic heterocycles. The number of nitrogens with one attached hydrogen (secondary N) is 2. The van der Waals surface area contributed by atoms with Crippen molar-refractivity contribution in [1.82, 2.24) is 10.6 Å². The van der Waals surface area contributed by atoms with Crippen LogP contribution in [0.2, 0.25) is 0 Å². The van der Waals surface area contributed by atoms with Gasteiger partial charge in [0.05, 0.1) is 12.1 Å². The Morgan fingerprint density at radius 3 is 2.67 bits per heavy atom. The van der Waals surface area contributed by atoms with Crippen molar-refractivity contribution in [3.05, 3.63) is 0 Å². The first-order valence-corrected chi connectivity index (χ1v) is 5.87. The van der Waals surface area contributed by atoms with Gasteiger partial charge in [0.15, 0.2) is 5.96 Å². The molecule has 0 saturated heterocycles. The Labute approximate surface area is 92.2 Å². The van der Waals surface area contributed by atoms with Crippen LogP contribution in [0, 0.1) is 0 Å². The van der Waals surface area contributed by atoms with Gasteiger partial charge in [0, 0.05) is 12.6 Å². The molecule has 88 valence electrons. The molecule has 1 rings (SSSR count). The molecule has 4 heteroatoms. The van der Waals surface area contributed by atoms with E-state index in [0.29, 0.717) is 6.04 Å². The van der Waals surface area contributed by atoms with Crippen LogP contribution in [0.25, 0.3) is 0 Å². The molecule has 0 aromatic heterocycles. The lowest BCUT2D eigenvalue weighted by Gasteiger charge is -2.25. The molecule has 0 saturated carbocycles. The Balaban J connectivity index is 2.21. The highest BCUT2D eigenvalue weighted by atomic mass is 16.3. The lowest BCUT2D eigenvalue weighted by atomic mass is 9.94. The molecule has 1 aliphatic rings. The minimum atomic E-state index is -0.516. The third kappa shape index (κ3) is 3.70. The van der Waals surface area contributed by atoms with Crippen molar-refractivity contribution < 1.29 is 5.11 Å². The van der Waals surface area contributed by atoms with E-state index in [1.54, 1.807) is 0 Å². The number of guanidine groups is 1. The summed E-state index contributed by atoms with van der Waals surface area (Å²) >= 11 is 0. The second-order valence-corrected chi connectivity index (χ2v) is 4.34. The standard InChI is InChI=1S/C11H23N3O/c1-4-11(15,5-2)6-7-12-10-13-8-9(3)14-10/h9,15H,4-8H2,1-3H3,(H2,12,13,14). The van der Waals surface area contributed by atoms with Crippen LogP contribution in [0.3, 0.4) is 0 Å². The van der Waals surface area contributed by atoms with Crippen molar-refractivity contribution >= 4 is 5.96 Å². The third-order valence-electron chi connectivity index (χ3n) is 3.11. The smallest absolute Gasteiger partial charge is 0.191 e. The fraction of sp³-hybridized carbons (Fsp3) is 0.909. The molecule has 3 N–H and O–H groups in total. The lowest BCUT2D eigenvalue weighted by Crippen LogP contribution is -2.40. The normalized spacial score (nSPS) is 21.1. The van der Waals surface area contributed by atoms with Gasteiger partial charge in [-0.2, -0.15) is 0 Å². The summed E-state index contributed by atoms with van der Waals surface area (Å²) in [7, 11) is 0. The second kappa shape index (κ2) is 5.35. The molecule has 1 atom stereocenters. The van der Waals surface area contributed by atoms with Gasteiger partial charge in [0.2, 0.25) is 0 Å². The zero-order chi connectivity index (χ0) is 11.3. The molecule has 0 aliphatic carbocycles. The molecule has 0 amide bonds. The zero-order valence-corrected chi connectivity index (χ0v) is 10.0. The summed E-state index contributed by atoms with van der Waals surface area (Å²) in [6, 6.07) is 0.434. The minimum Gasteiger partial charge on any atom is -0.390 e. The quantitative estimate of drug-likeness (QED) is 0.635. The Hall–Kier alpha value is -0.770. The van der Waals surface area contributed by atoms with E-state index in [1.807, 2.05) is 13.8 Å². The van der Waals surface area contributed by atoms with E-state index in [2.05, 4.69) is 22.5 Å². The van der Waals surface area contributed by atoms with Crippen molar-refractivity contribution in [1.29, 1.82) is 0 Å². The Bertz CT molecular complexity index is 224. The fourth-order valence-electron chi connectivity index (χ4n) is 1.68. The van der Waals surface area contributed by atoms with E-state index in [-0.39, 0.29) is 0 Å². The van der Waals surface area contributed by atoms with Crippen molar-refractivity contribution in [2.75, 3.05) is 13.1 Å². The number of hydrogen-bond donors (Lipinski definition) is 3. The van der Waals surface area contributed by atoms with E-state index in [4.69, 9.17) is 0 Å². The predicted molar refractivity (Wildman–Crippen MR) is 63.1 cm³/mol. The highest BCUT2D eigenvalue weighted by molar-refractivity contribution is 5.81. The number of aliphatic hydroxyl groups is 1. The Morgan fingerprint density at radius 2 is 2.20 bits per heavy atom. The van der Waals surface area contributed by atoms with Gasteiger partial charge in [-0.1, -0.05) is 13.8 Å². The zero-order valence-electron chi connectivity index (χ0n) is 10.0. The number of aliphatic imine (C=N–C) groups is 1. The van der Waals surface area contributed by atoms with Gasteiger partial charge in [-0.3, -0.25) is 4.99 Å². The van der Waals surface area contributed by atoms with Crippen LogP contribution in [0.15, 0.2) is 4.99 Å². The minimum absolute atomic E-state index is 0.434. The van der Waals surface area contributed by atoms with Crippen LogP contribution in [0.5, 0.6) is 0 Å². The van der Waals surface area contributed by atoms with Gasteiger partial charge >= 0.3 is 0 Å². The highest BCUT2D eigenvalue weighted by Crippen LogP contribution is 2.18. The van der Waals surface area contributed by atoms with E-state index in [9.17, 15) is 5.11 Å². The fourth-order valence-corrected chi connectivity index (χ4v) is 1.68. The van der Waals surface area contributed by atoms with Crippen molar-refractivity contribution in [3.63, 3.8) is 0 Å². The maximum atomic E-state index is 10.1. The Kier molecular flexibility index (Phi) is 4.39. The monoisotopic (exact) mass is 213 g/mol. The van der Waals surface area contributed by atoms with Gasteiger partial charge in [-0.15, -0.1) is 0 Å². The van der Waals surface area contributed by atoms with Crippen LogP contribution < -0.4 is 10.6 Å². The summed E-state index contributed by atoms with van der Waals surface area (Å²) < 4.78 is 0. The molecule has 1 heterocycles. The molecule has 0 aromatic rings. The van der Waals surface area contributed by atoms with E-state index < -0.39 is 5.60 Å². The maximum Gasteiger partial charge on any atom is 0.191 e. The molecule has 15 heavy (non-hydrogen) atoms. The average molecular weight is 213 g/mol. The number of rotatable bonds is 5. The first-order chi connectivity index (χ1) is 7.09. The largest absolute Gasteiger partial charge is 0.390 e. The summed E-state index contributed by atoms with van der Waals surface area (Å²) in [5.74, 6) is 0.872. The summed E-state index contributed by atoms with van der Waals surface area (Å²) in [6.45, 7) is 7.77. The van der Waals surface area contributed by atoms with Crippen molar-refractivity contribution in [2.24, 2.45) is 4.99 Å². The molecule has 0 radical (unpaired) electrons. The van der Waals surface area contributed by atoms with Gasteiger partial charge in [0.1, 0.15) is 0 Å². The van der Waals surface area contributed by atoms with E-state index in [1.165, 1.54) is 0 Å². The topological polar surface area (TPSA) is 56.6 Å². The number of nitrogens with zero attached hydrogens (tertiary/aromatic N) is 1. The lowest BCUT2D eigenvalue weighted by molar-refractivity contribution is 0.0250. The SMILES string of the molecule is CCC(O)(CC)CCNC1=NCC(C)N1. The van der Waals surface area contributed by atoms with Gasteiger partial charge in [0.25, 0.3) is 0 Å². The number of hydrogen-bond acceptors (Lipinski definition) is 4. The second-order valence-electron chi connectivity index (χ2n) is 4.34. The molecule has 0 fully saturated rings. The van der Waals surface area contributed by atoms with Crippen LogP contribution in [-0.2, 0) is 0 Å². The highest BCUT2D eigenvalue weighted by Gasteiger charge is 2.21. The molecule has 0 bridgehead atoms. The van der Waals surface area contributed by atoms with Crippen molar-refractivity contribution in [2.45, 2.75) is 51.7 Å². The third-order valence-corrected chi connectivity index (χ3v) is 3.11. The average Bonchev–Trinajstić information content (AvgIpc) is 2.64. The summed E-state index contributed by atoms with van der Waals surface area (Å²) in [4.78, 5) is 4.30. The Morgan fingerprint density at radius 1 is 1.53 bits per heavy atom. The first-order valence-electron chi connectivity index (χ1n) is 5.87.